The molecule has 2 fully saturated rings. The molecule has 0 aromatic carbocycles. The van der Waals surface area contributed by atoms with E-state index < -0.39 is 12.2 Å². The topological polar surface area (TPSA) is 71.1 Å². The molecule has 2 aliphatic rings. The maximum absolute atomic E-state index is 12.0. The van der Waals surface area contributed by atoms with Gasteiger partial charge in [0, 0.05) is 6.42 Å². The van der Waals surface area contributed by atoms with Crippen molar-refractivity contribution in [3.05, 3.63) is 0 Å². The molecular formula is C19H32O6. The summed E-state index contributed by atoms with van der Waals surface area (Å²) in [5.41, 5.74) is 0. The van der Waals surface area contributed by atoms with Crippen molar-refractivity contribution in [2.24, 2.45) is 11.8 Å². The van der Waals surface area contributed by atoms with E-state index in [9.17, 15) is 9.59 Å². The molecule has 0 heterocycles. The van der Waals surface area contributed by atoms with Crippen LogP contribution in [0.2, 0.25) is 0 Å². The van der Waals surface area contributed by atoms with E-state index in [1.54, 1.807) is 13.8 Å². The zero-order valence-electron chi connectivity index (χ0n) is 15.7. The Morgan fingerprint density at radius 3 is 1.92 bits per heavy atom. The largest absolute Gasteiger partial charge is 0.464 e. The minimum atomic E-state index is -0.548. The van der Waals surface area contributed by atoms with E-state index in [4.69, 9.17) is 18.9 Å². The van der Waals surface area contributed by atoms with E-state index >= 15 is 0 Å². The Balaban J connectivity index is 1.57. The number of hydrogen-bond donors (Lipinski definition) is 0. The fraction of sp³-hybridized carbons (Fsp3) is 0.895. The van der Waals surface area contributed by atoms with Crippen LogP contribution in [0.5, 0.6) is 0 Å². The van der Waals surface area contributed by atoms with Crippen molar-refractivity contribution in [3.63, 3.8) is 0 Å². The van der Waals surface area contributed by atoms with Crippen LogP contribution in [-0.4, -0.2) is 50.1 Å². The van der Waals surface area contributed by atoms with Gasteiger partial charge >= 0.3 is 11.9 Å². The normalized spacial score (nSPS) is 20.6. The number of carbonyl (C=O) groups excluding carboxylic acids is 2. The number of carbonyl (C=O) groups is 2. The first-order valence-electron chi connectivity index (χ1n) is 9.59. The van der Waals surface area contributed by atoms with Gasteiger partial charge in [0.2, 0.25) is 0 Å². The molecule has 0 N–H and O–H groups in total. The van der Waals surface area contributed by atoms with Crippen LogP contribution in [0.15, 0.2) is 0 Å². The molecule has 0 aliphatic heterocycles. The molecule has 6 nitrogen and oxygen atoms in total. The van der Waals surface area contributed by atoms with Gasteiger partial charge in [-0.1, -0.05) is 6.92 Å². The van der Waals surface area contributed by atoms with Crippen LogP contribution in [0.3, 0.4) is 0 Å². The van der Waals surface area contributed by atoms with Gasteiger partial charge in [0.15, 0.2) is 12.2 Å². The highest BCUT2D eigenvalue weighted by molar-refractivity contribution is 5.74. The van der Waals surface area contributed by atoms with Gasteiger partial charge in [0.05, 0.1) is 19.8 Å². The molecule has 0 radical (unpaired) electrons. The van der Waals surface area contributed by atoms with E-state index in [1.807, 2.05) is 6.92 Å². The highest BCUT2D eigenvalue weighted by Crippen LogP contribution is 2.29. The SMILES string of the molecule is CCC(CCOC(=O)C(C)OCC1CC1)OC(=O)C(C)OCC1CC1. The summed E-state index contributed by atoms with van der Waals surface area (Å²) in [6.07, 6.45) is 4.55. The maximum atomic E-state index is 12.0. The highest BCUT2D eigenvalue weighted by Gasteiger charge is 2.26. The van der Waals surface area contributed by atoms with Crippen molar-refractivity contribution in [2.45, 2.75) is 77.6 Å². The lowest BCUT2D eigenvalue weighted by Crippen LogP contribution is -2.30. The summed E-state index contributed by atoms with van der Waals surface area (Å²) in [6, 6.07) is 0. The Morgan fingerprint density at radius 2 is 1.44 bits per heavy atom. The molecule has 6 heteroatoms. The first-order chi connectivity index (χ1) is 12.0. The summed E-state index contributed by atoms with van der Waals surface area (Å²) in [6.45, 7) is 6.85. The second-order valence-corrected chi connectivity index (χ2v) is 7.26. The van der Waals surface area contributed by atoms with Crippen molar-refractivity contribution in [1.82, 2.24) is 0 Å². The first kappa shape index (κ1) is 20.2. The summed E-state index contributed by atoms with van der Waals surface area (Å²) < 4.78 is 21.7. The van der Waals surface area contributed by atoms with Gasteiger partial charge in [0.1, 0.15) is 6.10 Å². The Morgan fingerprint density at radius 1 is 0.920 bits per heavy atom. The molecule has 0 amide bonds. The third-order valence-electron chi connectivity index (χ3n) is 4.64. The molecule has 0 saturated heterocycles. The molecule has 25 heavy (non-hydrogen) atoms. The Kier molecular flexibility index (Phi) is 8.16. The fourth-order valence-corrected chi connectivity index (χ4v) is 2.28. The number of esters is 2. The predicted octanol–water partition coefficient (Wildman–Crippen LogP) is 2.87. The highest BCUT2D eigenvalue weighted by atomic mass is 16.6. The smallest absolute Gasteiger partial charge is 0.335 e. The molecule has 2 aliphatic carbocycles. The molecule has 3 atom stereocenters. The molecule has 144 valence electrons. The van der Waals surface area contributed by atoms with Crippen LogP contribution < -0.4 is 0 Å². The van der Waals surface area contributed by atoms with Gasteiger partial charge in [-0.15, -0.1) is 0 Å². The van der Waals surface area contributed by atoms with Crippen LogP contribution in [-0.2, 0) is 28.5 Å². The minimum Gasteiger partial charge on any atom is -0.464 e. The van der Waals surface area contributed by atoms with Crippen molar-refractivity contribution in [3.8, 4) is 0 Å². The second-order valence-electron chi connectivity index (χ2n) is 7.26. The quantitative estimate of drug-likeness (QED) is 0.473. The monoisotopic (exact) mass is 356 g/mol. The number of ether oxygens (including phenoxy) is 4. The fourth-order valence-electron chi connectivity index (χ4n) is 2.28. The molecular weight excluding hydrogens is 324 g/mol. The van der Waals surface area contributed by atoms with E-state index in [0.29, 0.717) is 37.9 Å². The van der Waals surface area contributed by atoms with Gasteiger partial charge in [-0.3, -0.25) is 0 Å². The summed E-state index contributed by atoms with van der Waals surface area (Å²) in [4.78, 5) is 23.9. The molecule has 0 spiro atoms. The van der Waals surface area contributed by atoms with Crippen LogP contribution in [0.25, 0.3) is 0 Å². The average Bonchev–Trinajstić information content (AvgIpc) is 3.49. The van der Waals surface area contributed by atoms with Crippen molar-refractivity contribution >= 4 is 11.9 Å². The lowest BCUT2D eigenvalue weighted by molar-refractivity contribution is -0.164. The van der Waals surface area contributed by atoms with Gasteiger partial charge < -0.3 is 18.9 Å². The summed E-state index contributed by atoms with van der Waals surface area (Å²) in [5.74, 6) is 0.520. The average molecular weight is 356 g/mol. The summed E-state index contributed by atoms with van der Waals surface area (Å²) in [5, 5.41) is 0. The van der Waals surface area contributed by atoms with Crippen LogP contribution in [0.1, 0.15) is 59.3 Å². The summed E-state index contributed by atoms with van der Waals surface area (Å²) >= 11 is 0. The van der Waals surface area contributed by atoms with Crippen molar-refractivity contribution in [2.75, 3.05) is 19.8 Å². The molecule has 0 aromatic rings. The number of rotatable bonds is 13. The Bertz CT molecular complexity index is 430. The molecule has 0 bridgehead atoms. The van der Waals surface area contributed by atoms with E-state index in [1.165, 1.54) is 25.7 Å². The standard InChI is InChI=1S/C19H32O6/c1-4-17(25-19(21)14(3)24-12-16-7-8-16)9-10-22-18(20)13(2)23-11-15-5-6-15/h13-17H,4-12H2,1-3H3. The first-order valence-corrected chi connectivity index (χ1v) is 9.59. The van der Waals surface area contributed by atoms with E-state index in [-0.39, 0.29) is 24.6 Å². The predicted molar refractivity (Wildman–Crippen MR) is 92.0 cm³/mol. The molecule has 2 saturated carbocycles. The van der Waals surface area contributed by atoms with Crippen LogP contribution in [0.4, 0.5) is 0 Å². The van der Waals surface area contributed by atoms with Crippen molar-refractivity contribution < 1.29 is 28.5 Å². The zero-order chi connectivity index (χ0) is 18.2. The van der Waals surface area contributed by atoms with Gasteiger partial charge in [-0.25, -0.2) is 9.59 Å². The van der Waals surface area contributed by atoms with Crippen LogP contribution >= 0.6 is 0 Å². The summed E-state index contributed by atoms with van der Waals surface area (Å²) in [7, 11) is 0. The molecule has 0 aromatic heterocycles. The second kappa shape index (κ2) is 10.1. The van der Waals surface area contributed by atoms with Crippen molar-refractivity contribution in [1.29, 1.82) is 0 Å². The lowest BCUT2D eigenvalue weighted by atomic mass is 10.2. The van der Waals surface area contributed by atoms with E-state index in [2.05, 4.69) is 0 Å². The Labute approximate surface area is 150 Å². The third-order valence-corrected chi connectivity index (χ3v) is 4.64. The third kappa shape index (κ3) is 8.19. The van der Waals surface area contributed by atoms with Crippen LogP contribution in [0, 0.1) is 11.8 Å². The zero-order valence-corrected chi connectivity index (χ0v) is 15.7. The molecule has 2 rings (SSSR count). The van der Waals surface area contributed by atoms with E-state index in [0.717, 1.165) is 0 Å². The van der Waals surface area contributed by atoms with Gasteiger partial charge in [0.25, 0.3) is 0 Å². The Hall–Kier alpha value is -1.14. The molecule has 3 unspecified atom stereocenters. The van der Waals surface area contributed by atoms with Gasteiger partial charge in [-0.05, 0) is 57.8 Å². The maximum Gasteiger partial charge on any atom is 0.335 e. The lowest BCUT2D eigenvalue weighted by Gasteiger charge is -2.20. The van der Waals surface area contributed by atoms with Gasteiger partial charge in [-0.2, -0.15) is 0 Å². The number of hydrogen-bond acceptors (Lipinski definition) is 6. The minimum absolute atomic E-state index is 0.221.